The lowest BCUT2D eigenvalue weighted by atomic mass is 9.98. The first-order valence-corrected chi connectivity index (χ1v) is 5.51. The third kappa shape index (κ3) is 2.99. The predicted molar refractivity (Wildman–Crippen MR) is 64.2 cm³/mol. The number of hydrogen-bond donors (Lipinski definition) is 1. The van der Waals surface area contributed by atoms with Gasteiger partial charge >= 0.3 is 5.97 Å². The minimum absolute atomic E-state index is 0.380. The second-order valence-electron chi connectivity index (χ2n) is 3.57. The summed E-state index contributed by atoms with van der Waals surface area (Å²) in [7, 11) is 0. The van der Waals surface area contributed by atoms with Gasteiger partial charge in [-0.1, -0.05) is 25.5 Å². The topological polar surface area (TPSA) is 26.3 Å². The van der Waals surface area contributed by atoms with E-state index >= 15 is 0 Å². The van der Waals surface area contributed by atoms with Crippen molar-refractivity contribution in [2.45, 2.75) is 33.1 Å². The van der Waals surface area contributed by atoms with Gasteiger partial charge in [0.05, 0.1) is 5.56 Å². The molecule has 0 radical (unpaired) electrons. The Morgan fingerprint density at radius 3 is 2.80 bits per heavy atom. The molecule has 82 valence electrons. The predicted octanol–water partition coefficient (Wildman–Crippen LogP) is 3.34. The third-order valence-corrected chi connectivity index (χ3v) is 2.71. The van der Waals surface area contributed by atoms with E-state index in [1.165, 1.54) is 5.56 Å². The highest BCUT2D eigenvalue weighted by Crippen LogP contribution is 2.17. The first-order valence-electron chi connectivity index (χ1n) is 5.15. The Bertz CT molecular complexity index is 347. The molecule has 2 nitrogen and oxygen atoms in total. The Kier molecular flexibility index (Phi) is 4.69. The summed E-state index contributed by atoms with van der Waals surface area (Å²) >= 11 is 3.53. The zero-order valence-electron chi connectivity index (χ0n) is 9.12. The summed E-state index contributed by atoms with van der Waals surface area (Å²) < 4.78 is 4.43. The zero-order valence-corrected chi connectivity index (χ0v) is 10.0. The maximum absolute atomic E-state index is 11.4. The molecule has 0 spiro atoms. The van der Waals surface area contributed by atoms with E-state index in [9.17, 15) is 4.79 Å². The highest BCUT2D eigenvalue weighted by molar-refractivity contribution is 7.75. The second kappa shape index (κ2) is 5.81. The van der Waals surface area contributed by atoms with Crippen molar-refractivity contribution in [3.8, 4) is 0 Å². The van der Waals surface area contributed by atoms with Crippen molar-refractivity contribution in [3.05, 3.63) is 34.9 Å². The fourth-order valence-corrected chi connectivity index (χ4v) is 1.69. The van der Waals surface area contributed by atoms with E-state index in [0.717, 1.165) is 24.8 Å². The highest BCUT2D eigenvalue weighted by Gasteiger charge is 2.11. The van der Waals surface area contributed by atoms with Crippen LogP contribution in [0.15, 0.2) is 18.2 Å². The Labute approximate surface area is 96.3 Å². The van der Waals surface area contributed by atoms with E-state index in [4.69, 9.17) is 0 Å². The van der Waals surface area contributed by atoms with Crippen molar-refractivity contribution >= 4 is 18.9 Å². The monoisotopic (exact) mass is 224 g/mol. The van der Waals surface area contributed by atoms with Crippen molar-refractivity contribution in [2.75, 3.05) is 0 Å². The molecular formula is C12H16O2S. The van der Waals surface area contributed by atoms with Gasteiger partial charge in [0.1, 0.15) is 0 Å². The van der Waals surface area contributed by atoms with Crippen LogP contribution in [-0.2, 0) is 10.6 Å². The molecule has 0 amide bonds. The number of hydrogen-bond acceptors (Lipinski definition) is 3. The molecular weight excluding hydrogens is 208 g/mol. The van der Waals surface area contributed by atoms with E-state index < -0.39 is 0 Å². The van der Waals surface area contributed by atoms with Crippen molar-refractivity contribution in [2.24, 2.45) is 0 Å². The summed E-state index contributed by atoms with van der Waals surface area (Å²) in [6.45, 7) is 4.10. The highest BCUT2D eigenvalue weighted by atomic mass is 32.1. The molecule has 0 saturated carbocycles. The van der Waals surface area contributed by atoms with Crippen molar-refractivity contribution in [3.63, 3.8) is 0 Å². The summed E-state index contributed by atoms with van der Waals surface area (Å²) in [6.07, 6.45) is 3.30. The molecule has 1 rings (SSSR count). The fourth-order valence-electron chi connectivity index (χ4n) is 1.59. The van der Waals surface area contributed by atoms with Crippen LogP contribution in [0.5, 0.6) is 0 Å². The summed E-state index contributed by atoms with van der Waals surface area (Å²) in [6, 6.07) is 5.71. The molecule has 0 bridgehead atoms. The van der Waals surface area contributed by atoms with Crippen molar-refractivity contribution in [1.82, 2.24) is 0 Å². The third-order valence-electron chi connectivity index (χ3n) is 2.55. The van der Waals surface area contributed by atoms with Crippen LogP contribution in [0, 0.1) is 6.92 Å². The van der Waals surface area contributed by atoms with Crippen molar-refractivity contribution < 1.29 is 8.98 Å². The zero-order chi connectivity index (χ0) is 11.3. The van der Waals surface area contributed by atoms with E-state index in [2.05, 4.69) is 30.1 Å². The standard InChI is InChI=1S/C12H16O2S/c1-3-4-6-10-7-5-8-11(9(10)2)12(13)14-15/h5,7-8,15H,3-4,6H2,1-2H3. The normalized spacial score (nSPS) is 10.1. The molecule has 15 heavy (non-hydrogen) atoms. The van der Waals surface area contributed by atoms with Crippen LogP contribution in [0.3, 0.4) is 0 Å². The smallest absolute Gasteiger partial charge is 0.350 e. The minimum atomic E-state index is -0.380. The molecule has 0 atom stereocenters. The lowest BCUT2D eigenvalue weighted by molar-refractivity contribution is 0.0771. The molecule has 0 aromatic heterocycles. The van der Waals surface area contributed by atoms with E-state index in [1.807, 2.05) is 13.0 Å². The fraction of sp³-hybridized carbons (Fsp3) is 0.417. The Morgan fingerprint density at radius 2 is 2.20 bits per heavy atom. The van der Waals surface area contributed by atoms with Gasteiger partial charge in [0.2, 0.25) is 0 Å². The van der Waals surface area contributed by atoms with Crippen LogP contribution in [-0.4, -0.2) is 5.97 Å². The van der Waals surface area contributed by atoms with Crippen LogP contribution < -0.4 is 0 Å². The van der Waals surface area contributed by atoms with Crippen molar-refractivity contribution in [1.29, 1.82) is 0 Å². The molecule has 0 unspecified atom stereocenters. The maximum atomic E-state index is 11.4. The molecule has 0 aliphatic rings. The van der Waals surface area contributed by atoms with Crippen LogP contribution in [0.4, 0.5) is 0 Å². The Hall–Kier alpha value is -0.960. The second-order valence-corrected chi connectivity index (χ2v) is 3.75. The lowest BCUT2D eigenvalue weighted by Crippen LogP contribution is -2.03. The average Bonchev–Trinajstić information content (AvgIpc) is 2.27. The van der Waals surface area contributed by atoms with Gasteiger partial charge in [-0.3, -0.25) is 0 Å². The average molecular weight is 224 g/mol. The maximum Gasteiger partial charge on any atom is 0.350 e. The van der Waals surface area contributed by atoms with Gasteiger partial charge in [0.15, 0.2) is 0 Å². The largest absolute Gasteiger partial charge is 0.391 e. The van der Waals surface area contributed by atoms with Crippen LogP contribution in [0.1, 0.15) is 41.3 Å². The van der Waals surface area contributed by atoms with Crippen LogP contribution >= 0.6 is 12.9 Å². The first kappa shape index (κ1) is 12.1. The quantitative estimate of drug-likeness (QED) is 0.627. The molecule has 0 heterocycles. The molecule has 0 aliphatic carbocycles. The van der Waals surface area contributed by atoms with Gasteiger partial charge in [-0.15, -0.1) is 0 Å². The number of rotatable bonds is 4. The van der Waals surface area contributed by atoms with Gasteiger partial charge in [-0.2, -0.15) is 0 Å². The molecule has 0 fully saturated rings. The number of benzene rings is 1. The van der Waals surface area contributed by atoms with Gasteiger partial charge in [0.25, 0.3) is 0 Å². The molecule has 3 heteroatoms. The molecule has 1 aromatic rings. The van der Waals surface area contributed by atoms with Gasteiger partial charge in [-0.25, -0.2) is 4.79 Å². The lowest BCUT2D eigenvalue weighted by Gasteiger charge is -2.08. The SMILES string of the molecule is CCCCc1cccc(C(=O)OS)c1C. The number of thiol groups is 1. The Morgan fingerprint density at radius 1 is 1.47 bits per heavy atom. The molecule has 0 aliphatic heterocycles. The van der Waals surface area contributed by atoms with Gasteiger partial charge in [-0.05, 0) is 37.0 Å². The molecule has 0 N–H and O–H groups in total. The number of carbonyl (C=O) groups excluding carboxylic acids is 1. The van der Waals surface area contributed by atoms with E-state index in [1.54, 1.807) is 6.07 Å². The van der Waals surface area contributed by atoms with Gasteiger partial charge in [0, 0.05) is 12.9 Å². The van der Waals surface area contributed by atoms with E-state index in [-0.39, 0.29) is 5.97 Å². The van der Waals surface area contributed by atoms with E-state index in [0.29, 0.717) is 5.56 Å². The first-order chi connectivity index (χ1) is 7.20. The number of unbranched alkanes of at least 4 members (excludes halogenated alkanes) is 1. The molecule has 1 aromatic carbocycles. The minimum Gasteiger partial charge on any atom is -0.391 e. The summed E-state index contributed by atoms with van der Waals surface area (Å²) in [5.74, 6) is -0.380. The summed E-state index contributed by atoms with van der Waals surface area (Å²) in [5, 5.41) is 0. The van der Waals surface area contributed by atoms with Crippen LogP contribution in [0.2, 0.25) is 0 Å². The summed E-state index contributed by atoms with van der Waals surface area (Å²) in [5.41, 5.74) is 2.83. The molecule has 0 saturated heterocycles. The Balaban J connectivity index is 2.95. The van der Waals surface area contributed by atoms with Gasteiger partial charge < -0.3 is 4.18 Å². The summed E-state index contributed by atoms with van der Waals surface area (Å²) in [4.78, 5) is 11.4. The number of aryl methyl sites for hydroxylation is 1. The van der Waals surface area contributed by atoms with Crippen LogP contribution in [0.25, 0.3) is 0 Å². The number of carbonyl (C=O) groups is 1.